The molecule has 1 nitrogen and oxygen atoms in total. The Morgan fingerprint density at radius 3 is 2.33 bits per heavy atom. The van der Waals surface area contributed by atoms with Crippen LogP contribution >= 0.6 is 0 Å². The summed E-state index contributed by atoms with van der Waals surface area (Å²) < 4.78 is 0. The van der Waals surface area contributed by atoms with Gasteiger partial charge in [0.2, 0.25) is 0 Å². The van der Waals surface area contributed by atoms with Crippen molar-refractivity contribution < 1.29 is 0 Å². The van der Waals surface area contributed by atoms with E-state index >= 15 is 0 Å². The fraction of sp³-hybridized carbons (Fsp3) is 0.700. The van der Waals surface area contributed by atoms with Crippen LogP contribution in [0.2, 0.25) is 0 Å². The third kappa shape index (κ3) is 2.25. The second kappa shape index (κ2) is 4.59. The van der Waals surface area contributed by atoms with Gasteiger partial charge in [0.05, 0.1) is 0 Å². The number of benzene rings is 1. The van der Waals surface area contributed by atoms with Gasteiger partial charge in [-0.05, 0) is 65.9 Å². The molecule has 4 rings (SSSR count). The van der Waals surface area contributed by atoms with Gasteiger partial charge in [0.15, 0.2) is 0 Å². The van der Waals surface area contributed by atoms with Gasteiger partial charge in [-0.2, -0.15) is 0 Å². The van der Waals surface area contributed by atoms with Crippen LogP contribution in [0.15, 0.2) is 24.3 Å². The molecular formula is C20H29N. The van der Waals surface area contributed by atoms with Gasteiger partial charge in [-0.3, -0.25) is 0 Å². The minimum atomic E-state index is 0.459. The average Bonchev–Trinajstić information content (AvgIpc) is 3.18. The summed E-state index contributed by atoms with van der Waals surface area (Å²) in [6.07, 6.45) is 7.08. The first kappa shape index (κ1) is 13.8. The van der Waals surface area contributed by atoms with Crippen molar-refractivity contribution in [3.63, 3.8) is 0 Å². The normalized spacial score (nSPS) is 37.1. The molecule has 3 aliphatic rings. The van der Waals surface area contributed by atoms with E-state index in [0.29, 0.717) is 16.9 Å². The summed E-state index contributed by atoms with van der Waals surface area (Å²) in [5.41, 5.74) is 3.98. The van der Waals surface area contributed by atoms with Gasteiger partial charge in [-0.15, -0.1) is 0 Å². The zero-order valence-corrected chi connectivity index (χ0v) is 13.8. The van der Waals surface area contributed by atoms with Crippen LogP contribution in [-0.4, -0.2) is 6.04 Å². The molecular weight excluding hydrogens is 254 g/mol. The first-order valence-electron chi connectivity index (χ1n) is 8.81. The van der Waals surface area contributed by atoms with Crippen LogP contribution in [-0.2, 0) is 6.54 Å². The lowest BCUT2D eigenvalue weighted by molar-refractivity contribution is 0.108. The van der Waals surface area contributed by atoms with Crippen molar-refractivity contribution in [2.45, 2.75) is 71.4 Å². The van der Waals surface area contributed by atoms with E-state index in [2.05, 4.69) is 50.4 Å². The van der Waals surface area contributed by atoms with E-state index in [9.17, 15) is 0 Å². The van der Waals surface area contributed by atoms with E-state index in [1.807, 2.05) is 0 Å². The molecule has 1 aromatic carbocycles. The molecule has 0 spiro atoms. The van der Waals surface area contributed by atoms with Gasteiger partial charge >= 0.3 is 0 Å². The lowest BCUT2D eigenvalue weighted by Crippen LogP contribution is -2.49. The van der Waals surface area contributed by atoms with Gasteiger partial charge in [-0.1, -0.05) is 45.0 Å². The fourth-order valence-electron chi connectivity index (χ4n) is 5.36. The molecule has 0 radical (unpaired) electrons. The van der Waals surface area contributed by atoms with Gasteiger partial charge < -0.3 is 5.32 Å². The van der Waals surface area contributed by atoms with Crippen LogP contribution in [0.1, 0.15) is 69.9 Å². The molecule has 1 heteroatoms. The molecule has 3 saturated carbocycles. The summed E-state index contributed by atoms with van der Waals surface area (Å²) in [5, 5.41) is 3.92. The molecule has 0 aromatic heterocycles. The lowest BCUT2D eigenvalue weighted by Gasteiger charge is -2.43. The molecule has 3 fully saturated rings. The topological polar surface area (TPSA) is 12.0 Å². The van der Waals surface area contributed by atoms with E-state index in [-0.39, 0.29) is 0 Å². The Hall–Kier alpha value is -0.820. The standard InChI is InChI=1S/C20H29N/c1-19(2)17-10-11-20(3,12-17)18(19)21-13-14-4-6-15(7-5-14)16-8-9-16/h4-7,16-18,21H,8-13H2,1-3H3. The second-order valence-electron chi connectivity index (χ2n) is 8.74. The molecule has 0 aliphatic heterocycles. The zero-order valence-electron chi connectivity index (χ0n) is 13.8. The predicted octanol–water partition coefficient (Wildman–Crippen LogP) is 4.87. The number of fused-ring (bicyclic) bond motifs is 2. The highest BCUT2D eigenvalue weighted by Gasteiger charge is 2.58. The highest BCUT2D eigenvalue weighted by Crippen LogP contribution is 2.62. The van der Waals surface area contributed by atoms with E-state index in [1.54, 1.807) is 5.56 Å². The number of rotatable bonds is 4. The monoisotopic (exact) mass is 283 g/mol. The Bertz CT molecular complexity index is 521. The van der Waals surface area contributed by atoms with Crippen LogP contribution in [0.3, 0.4) is 0 Å². The quantitative estimate of drug-likeness (QED) is 0.831. The molecule has 2 bridgehead atoms. The van der Waals surface area contributed by atoms with Gasteiger partial charge in [0, 0.05) is 12.6 Å². The Labute approximate surface area is 129 Å². The Balaban J connectivity index is 1.44. The largest absolute Gasteiger partial charge is 0.309 e. The molecule has 3 atom stereocenters. The summed E-state index contributed by atoms with van der Waals surface area (Å²) >= 11 is 0. The summed E-state index contributed by atoms with van der Waals surface area (Å²) in [7, 11) is 0. The Kier molecular flexibility index (Phi) is 3.02. The summed E-state index contributed by atoms with van der Waals surface area (Å²) in [6.45, 7) is 8.50. The minimum Gasteiger partial charge on any atom is -0.309 e. The SMILES string of the molecule is CC12CCC(C1)C(C)(C)C2NCc1ccc(C2CC2)cc1. The van der Waals surface area contributed by atoms with Crippen LogP contribution < -0.4 is 5.32 Å². The molecule has 0 amide bonds. The van der Waals surface area contributed by atoms with Crippen molar-refractivity contribution in [1.82, 2.24) is 5.32 Å². The lowest BCUT2D eigenvalue weighted by atomic mass is 9.68. The van der Waals surface area contributed by atoms with Gasteiger partial charge in [0.1, 0.15) is 0 Å². The smallest absolute Gasteiger partial charge is 0.0208 e. The molecule has 0 saturated heterocycles. The minimum absolute atomic E-state index is 0.459. The number of nitrogens with one attached hydrogen (secondary N) is 1. The van der Waals surface area contributed by atoms with Crippen molar-refractivity contribution in [3.05, 3.63) is 35.4 Å². The van der Waals surface area contributed by atoms with E-state index < -0.39 is 0 Å². The van der Waals surface area contributed by atoms with Crippen molar-refractivity contribution in [1.29, 1.82) is 0 Å². The highest BCUT2D eigenvalue weighted by molar-refractivity contribution is 5.28. The molecule has 0 heterocycles. The number of hydrogen-bond acceptors (Lipinski definition) is 1. The van der Waals surface area contributed by atoms with Crippen LogP contribution in [0.25, 0.3) is 0 Å². The maximum absolute atomic E-state index is 3.92. The first-order chi connectivity index (χ1) is 9.99. The maximum Gasteiger partial charge on any atom is 0.0208 e. The summed E-state index contributed by atoms with van der Waals surface area (Å²) in [5.74, 6) is 1.80. The van der Waals surface area contributed by atoms with Gasteiger partial charge in [-0.25, -0.2) is 0 Å². The molecule has 1 aromatic rings. The van der Waals surface area contributed by atoms with Crippen LogP contribution in [0.4, 0.5) is 0 Å². The molecule has 3 unspecified atom stereocenters. The fourth-order valence-corrected chi connectivity index (χ4v) is 5.36. The Morgan fingerprint density at radius 2 is 1.76 bits per heavy atom. The summed E-state index contributed by atoms with van der Waals surface area (Å²) in [4.78, 5) is 0. The third-order valence-corrected chi connectivity index (χ3v) is 6.81. The predicted molar refractivity (Wildman–Crippen MR) is 88.3 cm³/mol. The van der Waals surface area contributed by atoms with Crippen molar-refractivity contribution in [2.24, 2.45) is 16.7 Å². The molecule has 114 valence electrons. The number of hydrogen-bond donors (Lipinski definition) is 1. The van der Waals surface area contributed by atoms with E-state index in [1.165, 1.54) is 37.7 Å². The first-order valence-corrected chi connectivity index (χ1v) is 8.81. The zero-order chi connectivity index (χ0) is 14.7. The summed E-state index contributed by atoms with van der Waals surface area (Å²) in [6, 6.07) is 10.0. The van der Waals surface area contributed by atoms with Crippen molar-refractivity contribution in [2.75, 3.05) is 0 Å². The molecule has 3 aliphatic carbocycles. The molecule has 21 heavy (non-hydrogen) atoms. The Morgan fingerprint density at radius 1 is 1.05 bits per heavy atom. The van der Waals surface area contributed by atoms with Crippen LogP contribution in [0.5, 0.6) is 0 Å². The third-order valence-electron chi connectivity index (χ3n) is 6.81. The van der Waals surface area contributed by atoms with Crippen molar-refractivity contribution >= 4 is 0 Å². The average molecular weight is 283 g/mol. The van der Waals surface area contributed by atoms with Crippen molar-refractivity contribution in [3.8, 4) is 0 Å². The highest BCUT2D eigenvalue weighted by atomic mass is 15.0. The van der Waals surface area contributed by atoms with Gasteiger partial charge in [0.25, 0.3) is 0 Å². The second-order valence-corrected chi connectivity index (χ2v) is 8.74. The maximum atomic E-state index is 3.92. The van der Waals surface area contributed by atoms with E-state index in [0.717, 1.165) is 18.4 Å². The van der Waals surface area contributed by atoms with Crippen LogP contribution in [0, 0.1) is 16.7 Å². The van der Waals surface area contributed by atoms with E-state index in [4.69, 9.17) is 0 Å². The molecule has 1 N–H and O–H groups in total.